The van der Waals surface area contributed by atoms with Gasteiger partial charge < -0.3 is 0 Å². The average molecular weight is 244 g/mol. The van der Waals surface area contributed by atoms with Crippen LogP contribution in [-0.2, 0) is 0 Å². The van der Waals surface area contributed by atoms with Gasteiger partial charge in [0.05, 0.1) is 0 Å². The maximum absolute atomic E-state index is 2.39. The summed E-state index contributed by atoms with van der Waals surface area (Å²) in [6.45, 7) is 4.54. The maximum atomic E-state index is 2.39. The Hall–Kier alpha value is -2.08. The van der Waals surface area contributed by atoms with Crippen LogP contribution in [0.25, 0.3) is 27.1 Å². The Kier molecular flexibility index (Phi) is 2.11. The normalized spacial score (nSPS) is 17.8. The Labute approximate surface area is 113 Å². The molecular weight excluding hydrogens is 228 g/mol. The van der Waals surface area contributed by atoms with E-state index in [4.69, 9.17) is 0 Å². The lowest BCUT2D eigenvalue weighted by molar-refractivity contribution is 1.00. The summed E-state index contributed by atoms with van der Waals surface area (Å²) in [6.07, 6.45) is 2.39. The van der Waals surface area contributed by atoms with Gasteiger partial charge in [0.25, 0.3) is 0 Å². The van der Waals surface area contributed by atoms with E-state index in [0.717, 1.165) is 0 Å². The standard InChI is InChI=1S/C19H16/c1-12-11-13(2)19-17-10-6-4-8-15(17)14-7-3-5-9-16(14)18(12)19/h3-12H,1-2H3. The second-order valence-electron chi connectivity index (χ2n) is 5.52. The highest BCUT2D eigenvalue weighted by Crippen LogP contribution is 2.44. The summed E-state index contributed by atoms with van der Waals surface area (Å²) in [5, 5.41) is 5.57. The van der Waals surface area contributed by atoms with Gasteiger partial charge in [-0.25, -0.2) is 0 Å². The van der Waals surface area contributed by atoms with Crippen LogP contribution in [0.1, 0.15) is 30.9 Å². The third-order valence-electron chi connectivity index (χ3n) is 4.32. The van der Waals surface area contributed by atoms with Gasteiger partial charge in [-0.1, -0.05) is 61.5 Å². The van der Waals surface area contributed by atoms with Crippen LogP contribution in [0.3, 0.4) is 0 Å². The molecule has 0 saturated heterocycles. The molecule has 0 aromatic heterocycles. The smallest absolute Gasteiger partial charge is 0.000791 e. The van der Waals surface area contributed by atoms with Crippen molar-refractivity contribution in [3.63, 3.8) is 0 Å². The van der Waals surface area contributed by atoms with Gasteiger partial charge in [0, 0.05) is 5.92 Å². The van der Waals surface area contributed by atoms with Gasteiger partial charge in [0.15, 0.2) is 0 Å². The minimum atomic E-state index is 0.518. The molecule has 0 amide bonds. The molecule has 1 atom stereocenters. The van der Waals surface area contributed by atoms with E-state index in [1.165, 1.54) is 38.2 Å². The van der Waals surface area contributed by atoms with E-state index in [-0.39, 0.29) is 0 Å². The average Bonchev–Trinajstić information content (AvgIpc) is 2.75. The Morgan fingerprint density at radius 1 is 0.737 bits per heavy atom. The topological polar surface area (TPSA) is 0 Å². The lowest BCUT2D eigenvalue weighted by Crippen LogP contribution is -1.93. The third kappa shape index (κ3) is 1.34. The molecule has 0 heterocycles. The first-order valence-electron chi connectivity index (χ1n) is 6.89. The highest BCUT2D eigenvalue weighted by molar-refractivity contribution is 6.14. The van der Waals surface area contributed by atoms with Gasteiger partial charge in [-0.05, 0) is 45.2 Å². The monoisotopic (exact) mass is 244 g/mol. The molecular formula is C19H16. The first-order valence-corrected chi connectivity index (χ1v) is 6.89. The molecule has 0 saturated carbocycles. The van der Waals surface area contributed by atoms with Crippen LogP contribution in [0.4, 0.5) is 0 Å². The van der Waals surface area contributed by atoms with Gasteiger partial charge >= 0.3 is 0 Å². The molecule has 0 fully saturated rings. The zero-order valence-electron chi connectivity index (χ0n) is 11.3. The van der Waals surface area contributed by atoms with Gasteiger partial charge in [-0.2, -0.15) is 0 Å². The van der Waals surface area contributed by atoms with E-state index in [9.17, 15) is 0 Å². The maximum Gasteiger partial charge on any atom is 0.000791 e. The minimum absolute atomic E-state index is 0.518. The van der Waals surface area contributed by atoms with Crippen LogP contribution >= 0.6 is 0 Å². The molecule has 0 spiro atoms. The quantitative estimate of drug-likeness (QED) is 0.457. The van der Waals surface area contributed by atoms with Crippen LogP contribution in [0.2, 0.25) is 0 Å². The van der Waals surface area contributed by atoms with Gasteiger partial charge in [-0.15, -0.1) is 0 Å². The molecule has 92 valence electrons. The molecule has 4 rings (SSSR count). The second-order valence-corrected chi connectivity index (χ2v) is 5.52. The number of benzene rings is 3. The number of fused-ring (bicyclic) bond motifs is 6. The molecule has 0 nitrogen and oxygen atoms in total. The fraction of sp³-hybridized carbons (Fsp3) is 0.158. The molecule has 19 heavy (non-hydrogen) atoms. The molecule has 0 N–H and O–H groups in total. The van der Waals surface area contributed by atoms with Crippen molar-refractivity contribution in [1.82, 2.24) is 0 Å². The fourth-order valence-corrected chi connectivity index (χ4v) is 3.61. The van der Waals surface area contributed by atoms with Gasteiger partial charge in [-0.3, -0.25) is 0 Å². The molecule has 1 aliphatic rings. The molecule has 1 aliphatic carbocycles. The van der Waals surface area contributed by atoms with Crippen LogP contribution in [-0.4, -0.2) is 0 Å². The molecule has 0 radical (unpaired) electrons. The van der Waals surface area contributed by atoms with E-state index in [2.05, 4.69) is 68.5 Å². The van der Waals surface area contributed by atoms with Gasteiger partial charge in [0.1, 0.15) is 0 Å². The van der Waals surface area contributed by atoms with E-state index >= 15 is 0 Å². The molecule has 3 aromatic rings. The minimum Gasteiger partial charge on any atom is -0.0737 e. The van der Waals surface area contributed by atoms with Crippen LogP contribution in [0.15, 0.2) is 54.6 Å². The Morgan fingerprint density at radius 2 is 1.26 bits per heavy atom. The van der Waals surface area contributed by atoms with Crippen molar-refractivity contribution in [2.45, 2.75) is 19.8 Å². The summed E-state index contributed by atoms with van der Waals surface area (Å²) in [6, 6.07) is 17.6. The van der Waals surface area contributed by atoms with E-state index in [1.54, 1.807) is 0 Å². The van der Waals surface area contributed by atoms with Crippen molar-refractivity contribution in [2.75, 3.05) is 0 Å². The lowest BCUT2D eigenvalue weighted by Gasteiger charge is -2.15. The molecule has 1 unspecified atom stereocenters. The highest BCUT2D eigenvalue weighted by Gasteiger charge is 2.23. The largest absolute Gasteiger partial charge is 0.0737 e. The first kappa shape index (κ1) is 10.8. The SMILES string of the molecule is CC1=CC(C)c2c1c1ccccc1c1ccccc21. The summed E-state index contributed by atoms with van der Waals surface area (Å²) in [5.74, 6) is 0.518. The molecule has 0 heteroatoms. The van der Waals surface area contributed by atoms with Crippen molar-refractivity contribution in [3.8, 4) is 0 Å². The summed E-state index contributed by atoms with van der Waals surface area (Å²) in [7, 11) is 0. The fourth-order valence-electron chi connectivity index (χ4n) is 3.61. The summed E-state index contributed by atoms with van der Waals surface area (Å²) in [4.78, 5) is 0. The van der Waals surface area contributed by atoms with E-state index < -0.39 is 0 Å². The Balaban J connectivity index is 2.34. The van der Waals surface area contributed by atoms with Crippen molar-refractivity contribution in [1.29, 1.82) is 0 Å². The summed E-state index contributed by atoms with van der Waals surface area (Å²) < 4.78 is 0. The molecule has 0 aliphatic heterocycles. The zero-order chi connectivity index (χ0) is 13.0. The second kappa shape index (κ2) is 3.71. The van der Waals surface area contributed by atoms with Crippen molar-refractivity contribution in [2.24, 2.45) is 0 Å². The van der Waals surface area contributed by atoms with E-state index in [0.29, 0.717) is 5.92 Å². The van der Waals surface area contributed by atoms with E-state index in [1.807, 2.05) is 0 Å². The van der Waals surface area contributed by atoms with Crippen molar-refractivity contribution in [3.05, 3.63) is 65.7 Å². The van der Waals surface area contributed by atoms with Crippen LogP contribution in [0, 0.1) is 0 Å². The Morgan fingerprint density at radius 3 is 1.95 bits per heavy atom. The first-order chi connectivity index (χ1) is 9.27. The molecule has 0 bridgehead atoms. The highest BCUT2D eigenvalue weighted by atomic mass is 14.3. The number of rotatable bonds is 0. The summed E-state index contributed by atoms with van der Waals surface area (Å²) in [5.41, 5.74) is 4.39. The number of allylic oxidation sites excluding steroid dienone is 2. The van der Waals surface area contributed by atoms with Crippen molar-refractivity contribution < 1.29 is 0 Å². The van der Waals surface area contributed by atoms with Crippen LogP contribution in [0.5, 0.6) is 0 Å². The number of hydrogen-bond acceptors (Lipinski definition) is 0. The third-order valence-corrected chi connectivity index (χ3v) is 4.32. The number of hydrogen-bond donors (Lipinski definition) is 0. The lowest BCUT2D eigenvalue weighted by atomic mass is 9.89. The van der Waals surface area contributed by atoms with Gasteiger partial charge in [0.2, 0.25) is 0 Å². The van der Waals surface area contributed by atoms with Crippen molar-refractivity contribution >= 4 is 27.1 Å². The predicted octanol–water partition coefficient (Wildman–Crippen LogP) is 5.51. The van der Waals surface area contributed by atoms with Crippen LogP contribution < -0.4 is 0 Å². The zero-order valence-corrected chi connectivity index (χ0v) is 11.3. The molecule has 3 aromatic carbocycles. The predicted molar refractivity (Wildman–Crippen MR) is 83.5 cm³/mol. The Bertz CT molecular complexity index is 837. The summed E-state index contributed by atoms with van der Waals surface area (Å²) >= 11 is 0.